The van der Waals surface area contributed by atoms with Crippen LogP contribution in [0.3, 0.4) is 0 Å². The van der Waals surface area contributed by atoms with Gasteiger partial charge in [-0.3, -0.25) is 9.59 Å². The van der Waals surface area contributed by atoms with E-state index >= 15 is 4.39 Å². The van der Waals surface area contributed by atoms with Gasteiger partial charge in [0, 0.05) is 36.8 Å². The van der Waals surface area contributed by atoms with E-state index in [2.05, 4.69) is 5.32 Å². The van der Waals surface area contributed by atoms with Gasteiger partial charge in [0.25, 0.3) is 5.91 Å². The molecule has 4 rings (SSSR count). The van der Waals surface area contributed by atoms with E-state index in [0.717, 1.165) is 23.3 Å². The molecule has 1 fully saturated rings. The second-order valence-corrected chi connectivity index (χ2v) is 10.4. The number of carbonyl (C=O) groups is 2. The number of halogens is 1. The van der Waals surface area contributed by atoms with E-state index in [1.165, 1.54) is 17.8 Å². The molecule has 0 spiro atoms. The highest BCUT2D eigenvalue weighted by atomic mass is 32.2. The van der Waals surface area contributed by atoms with Crippen molar-refractivity contribution in [1.29, 1.82) is 0 Å². The Morgan fingerprint density at radius 2 is 1.66 bits per heavy atom. The van der Waals surface area contributed by atoms with Crippen LogP contribution in [0.5, 0.6) is 0 Å². The standard InChI is InChI=1S/C31H36FN3O2S/c1-4-34(5-2)31(37)29(22-11-7-6-8-12-22)23-17-19-35(20-18-23)27-16-15-24(21-26(27)32)33-30(36)25-13-9-10-14-28(25)38-3/h6-16,21,23,29H,4-5,17-20H2,1-3H3,(H,33,36). The lowest BCUT2D eigenvalue weighted by atomic mass is 9.79. The summed E-state index contributed by atoms with van der Waals surface area (Å²) < 4.78 is 15.2. The van der Waals surface area contributed by atoms with Crippen LogP contribution in [0, 0.1) is 11.7 Å². The summed E-state index contributed by atoms with van der Waals surface area (Å²) in [5.41, 5.74) is 2.57. The van der Waals surface area contributed by atoms with E-state index in [9.17, 15) is 9.59 Å². The fourth-order valence-electron chi connectivity index (χ4n) is 5.35. The number of hydrogen-bond donors (Lipinski definition) is 1. The molecular weight excluding hydrogens is 497 g/mol. The summed E-state index contributed by atoms with van der Waals surface area (Å²) in [5.74, 6) is -0.440. The van der Waals surface area contributed by atoms with Gasteiger partial charge in [0.15, 0.2) is 0 Å². The first-order valence-corrected chi connectivity index (χ1v) is 14.5. The van der Waals surface area contributed by atoms with Crippen LogP contribution in [0.4, 0.5) is 15.8 Å². The number of hydrogen-bond acceptors (Lipinski definition) is 4. The molecule has 0 radical (unpaired) electrons. The lowest BCUT2D eigenvalue weighted by Gasteiger charge is -2.38. The molecule has 1 aliphatic heterocycles. The highest BCUT2D eigenvalue weighted by Crippen LogP contribution is 2.36. The van der Waals surface area contributed by atoms with Gasteiger partial charge < -0.3 is 15.1 Å². The summed E-state index contributed by atoms with van der Waals surface area (Å²) in [6, 6.07) is 22.3. The van der Waals surface area contributed by atoms with Gasteiger partial charge in [-0.25, -0.2) is 4.39 Å². The van der Waals surface area contributed by atoms with Crippen molar-refractivity contribution in [3.8, 4) is 0 Å². The van der Waals surface area contributed by atoms with Crippen LogP contribution >= 0.6 is 11.8 Å². The molecule has 0 saturated carbocycles. The summed E-state index contributed by atoms with van der Waals surface area (Å²) in [6.45, 7) is 6.75. The Morgan fingerprint density at radius 3 is 2.29 bits per heavy atom. The van der Waals surface area contributed by atoms with Crippen LogP contribution < -0.4 is 10.2 Å². The molecule has 3 aromatic rings. The van der Waals surface area contributed by atoms with Gasteiger partial charge >= 0.3 is 0 Å². The SMILES string of the molecule is CCN(CC)C(=O)C(c1ccccc1)C1CCN(c2ccc(NC(=O)c3ccccc3SC)cc2F)CC1. The van der Waals surface area contributed by atoms with E-state index in [0.29, 0.717) is 43.1 Å². The zero-order chi connectivity index (χ0) is 27.1. The first-order valence-electron chi connectivity index (χ1n) is 13.3. The lowest BCUT2D eigenvalue weighted by Crippen LogP contribution is -2.42. The van der Waals surface area contributed by atoms with Crippen LogP contribution in [-0.4, -0.2) is 49.1 Å². The van der Waals surface area contributed by atoms with E-state index < -0.39 is 0 Å². The molecule has 0 aromatic heterocycles. The monoisotopic (exact) mass is 533 g/mol. The summed E-state index contributed by atoms with van der Waals surface area (Å²) in [4.78, 5) is 31.1. The Morgan fingerprint density at radius 1 is 1.00 bits per heavy atom. The molecule has 1 atom stereocenters. The number of rotatable bonds is 9. The van der Waals surface area contributed by atoms with Gasteiger partial charge in [-0.2, -0.15) is 0 Å². The van der Waals surface area contributed by atoms with Gasteiger partial charge in [0.2, 0.25) is 5.91 Å². The Labute approximate surface area is 229 Å². The third-order valence-corrected chi connectivity index (χ3v) is 8.20. The minimum Gasteiger partial charge on any atom is -0.369 e. The van der Waals surface area contributed by atoms with Crippen LogP contribution in [0.25, 0.3) is 0 Å². The zero-order valence-electron chi connectivity index (χ0n) is 22.3. The highest BCUT2D eigenvalue weighted by molar-refractivity contribution is 7.98. The molecule has 1 heterocycles. The molecule has 38 heavy (non-hydrogen) atoms. The number of carbonyl (C=O) groups excluding carboxylic acids is 2. The molecule has 7 heteroatoms. The first kappa shape index (κ1) is 27.7. The van der Waals surface area contributed by atoms with Gasteiger partial charge in [-0.15, -0.1) is 11.8 Å². The molecular formula is C31H36FN3O2S. The number of thioether (sulfide) groups is 1. The van der Waals surface area contributed by atoms with Gasteiger partial charge in [0.1, 0.15) is 5.82 Å². The van der Waals surface area contributed by atoms with Gasteiger partial charge in [-0.05, 0) is 74.8 Å². The number of benzene rings is 3. The van der Waals surface area contributed by atoms with E-state index in [1.54, 1.807) is 18.2 Å². The molecule has 2 amide bonds. The van der Waals surface area contributed by atoms with Crippen molar-refractivity contribution in [3.63, 3.8) is 0 Å². The van der Waals surface area contributed by atoms with Crippen molar-refractivity contribution in [2.75, 3.05) is 42.7 Å². The average molecular weight is 534 g/mol. The predicted octanol–water partition coefficient (Wildman–Crippen LogP) is 6.67. The summed E-state index contributed by atoms with van der Waals surface area (Å²) in [6.07, 6.45) is 3.53. The number of piperidine rings is 1. The van der Waals surface area contributed by atoms with Crippen LogP contribution in [-0.2, 0) is 4.79 Å². The molecule has 200 valence electrons. The summed E-state index contributed by atoms with van der Waals surface area (Å²) in [5, 5.41) is 2.83. The number of likely N-dealkylation sites (N-methyl/N-ethyl adjacent to an activating group) is 1. The van der Waals surface area contributed by atoms with Crippen molar-refractivity contribution in [3.05, 3.63) is 89.7 Å². The Bertz CT molecular complexity index is 1240. The predicted molar refractivity (Wildman–Crippen MR) is 155 cm³/mol. The van der Waals surface area contributed by atoms with E-state index in [1.807, 2.05) is 78.4 Å². The minimum absolute atomic E-state index is 0.175. The Kier molecular flexibility index (Phi) is 9.45. The number of nitrogens with one attached hydrogen (secondary N) is 1. The fourth-order valence-corrected chi connectivity index (χ4v) is 5.95. The molecule has 0 aliphatic carbocycles. The van der Waals surface area contributed by atoms with Crippen molar-refractivity contribution in [2.45, 2.75) is 37.5 Å². The maximum absolute atomic E-state index is 15.2. The number of nitrogens with zero attached hydrogens (tertiary/aromatic N) is 2. The fraction of sp³-hybridized carbons (Fsp3) is 0.355. The largest absolute Gasteiger partial charge is 0.369 e. The maximum atomic E-state index is 15.2. The second-order valence-electron chi connectivity index (χ2n) is 9.54. The molecule has 1 saturated heterocycles. The van der Waals surface area contributed by atoms with Crippen LogP contribution in [0.1, 0.15) is 48.5 Å². The highest BCUT2D eigenvalue weighted by Gasteiger charge is 2.35. The van der Waals surface area contributed by atoms with E-state index in [4.69, 9.17) is 0 Å². The molecule has 5 nitrogen and oxygen atoms in total. The molecule has 0 bridgehead atoms. The quantitative estimate of drug-likeness (QED) is 0.312. The average Bonchev–Trinajstić information content (AvgIpc) is 2.95. The van der Waals surface area contributed by atoms with Crippen molar-refractivity contribution in [2.24, 2.45) is 5.92 Å². The zero-order valence-corrected chi connectivity index (χ0v) is 23.1. The topological polar surface area (TPSA) is 52.7 Å². The third kappa shape index (κ3) is 6.21. The maximum Gasteiger partial charge on any atom is 0.256 e. The van der Waals surface area contributed by atoms with Crippen molar-refractivity contribution < 1.29 is 14.0 Å². The van der Waals surface area contributed by atoms with E-state index in [-0.39, 0.29) is 29.5 Å². The molecule has 1 aliphatic rings. The van der Waals surface area contributed by atoms with Crippen molar-refractivity contribution in [1.82, 2.24) is 4.90 Å². The lowest BCUT2D eigenvalue weighted by molar-refractivity contribution is -0.134. The summed E-state index contributed by atoms with van der Waals surface area (Å²) >= 11 is 1.50. The first-order chi connectivity index (χ1) is 18.5. The van der Waals surface area contributed by atoms with Crippen LogP contribution in [0.2, 0.25) is 0 Å². The van der Waals surface area contributed by atoms with Gasteiger partial charge in [0.05, 0.1) is 17.2 Å². The summed E-state index contributed by atoms with van der Waals surface area (Å²) in [7, 11) is 0. The Balaban J connectivity index is 1.45. The smallest absolute Gasteiger partial charge is 0.256 e. The molecule has 3 aromatic carbocycles. The van der Waals surface area contributed by atoms with Crippen molar-refractivity contribution >= 4 is 35.0 Å². The minimum atomic E-state index is -0.363. The third-order valence-electron chi connectivity index (χ3n) is 7.41. The number of amides is 2. The number of anilines is 2. The van der Waals surface area contributed by atoms with Crippen LogP contribution in [0.15, 0.2) is 77.7 Å². The molecule has 1 N–H and O–H groups in total. The normalized spacial score (nSPS) is 14.7. The van der Waals surface area contributed by atoms with Gasteiger partial charge in [-0.1, -0.05) is 42.5 Å². The Hall–Kier alpha value is -3.32. The molecule has 1 unspecified atom stereocenters. The second kappa shape index (κ2) is 13.0.